The van der Waals surface area contributed by atoms with E-state index in [1.54, 1.807) is 25.1 Å². The molecule has 1 aromatic carbocycles. The smallest absolute Gasteiger partial charge is 0.396 e. The quantitative estimate of drug-likeness (QED) is 0.882. The van der Waals surface area contributed by atoms with Gasteiger partial charge < -0.3 is 10.0 Å². The number of nitrogens with zero attached hydrogens (tertiary/aromatic N) is 1. The summed E-state index contributed by atoms with van der Waals surface area (Å²) >= 11 is 0. The molecule has 0 bridgehead atoms. The van der Waals surface area contributed by atoms with Crippen LogP contribution in [0, 0.1) is 0 Å². The SMILES string of the molecule is CN(C)CC(CO)c1ccccc1C(F)(F)F. The van der Waals surface area contributed by atoms with Crippen molar-refractivity contribution in [2.75, 3.05) is 27.2 Å². The van der Waals surface area contributed by atoms with Gasteiger partial charge >= 0.3 is 6.18 Å². The minimum absolute atomic E-state index is 0.149. The maximum Gasteiger partial charge on any atom is 0.416 e. The molecule has 0 spiro atoms. The lowest BCUT2D eigenvalue weighted by Gasteiger charge is -2.22. The summed E-state index contributed by atoms with van der Waals surface area (Å²) in [6.07, 6.45) is -4.38. The molecule has 0 aromatic heterocycles. The highest BCUT2D eigenvalue weighted by Gasteiger charge is 2.34. The van der Waals surface area contributed by atoms with Crippen LogP contribution >= 0.6 is 0 Å². The first-order valence-corrected chi connectivity index (χ1v) is 5.28. The van der Waals surface area contributed by atoms with Crippen molar-refractivity contribution in [3.8, 4) is 0 Å². The van der Waals surface area contributed by atoms with Crippen LogP contribution in [0.2, 0.25) is 0 Å². The molecule has 0 aliphatic heterocycles. The van der Waals surface area contributed by atoms with E-state index in [-0.39, 0.29) is 12.2 Å². The fraction of sp³-hybridized carbons (Fsp3) is 0.500. The zero-order valence-corrected chi connectivity index (χ0v) is 9.83. The maximum absolute atomic E-state index is 12.8. The van der Waals surface area contributed by atoms with Gasteiger partial charge in [0.05, 0.1) is 12.2 Å². The maximum atomic E-state index is 12.8. The molecule has 1 rings (SSSR count). The molecular formula is C12H16F3NO. The normalized spacial score (nSPS) is 14.1. The van der Waals surface area contributed by atoms with Crippen molar-refractivity contribution in [1.82, 2.24) is 4.90 Å². The molecule has 0 aliphatic carbocycles. The van der Waals surface area contributed by atoms with Gasteiger partial charge in [0.1, 0.15) is 0 Å². The molecular weight excluding hydrogens is 231 g/mol. The summed E-state index contributed by atoms with van der Waals surface area (Å²) in [6.45, 7) is 0.0782. The van der Waals surface area contributed by atoms with Crippen molar-refractivity contribution in [1.29, 1.82) is 0 Å². The summed E-state index contributed by atoms with van der Waals surface area (Å²) in [7, 11) is 3.53. The number of hydrogen-bond donors (Lipinski definition) is 1. The number of aliphatic hydroxyl groups is 1. The highest BCUT2D eigenvalue weighted by atomic mass is 19.4. The van der Waals surface area contributed by atoms with Gasteiger partial charge in [0, 0.05) is 12.5 Å². The standard InChI is InChI=1S/C12H16F3NO/c1-16(2)7-9(8-17)10-5-3-4-6-11(10)12(13,14)15/h3-6,9,17H,7-8H2,1-2H3. The second-order valence-electron chi connectivity index (χ2n) is 4.23. The highest BCUT2D eigenvalue weighted by Crippen LogP contribution is 2.35. The first kappa shape index (κ1) is 14.0. The third kappa shape index (κ3) is 3.71. The molecule has 0 heterocycles. The second kappa shape index (κ2) is 5.51. The average molecular weight is 247 g/mol. The van der Waals surface area contributed by atoms with Gasteiger partial charge in [0.2, 0.25) is 0 Å². The van der Waals surface area contributed by atoms with Gasteiger partial charge in [-0.2, -0.15) is 13.2 Å². The lowest BCUT2D eigenvalue weighted by molar-refractivity contribution is -0.138. The molecule has 17 heavy (non-hydrogen) atoms. The third-order valence-electron chi connectivity index (χ3n) is 2.51. The predicted molar refractivity (Wildman–Crippen MR) is 59.8 cm³/mol. The average Bonchev–Trinajstić information content (AvgIpc) is 2.24. The van der Waals surface area contributed by atoms with E-state index in [2.05, 4.69) is 0 Å². The first-order valence-electron chi connectivity index (χ1n) is 5.28. The molecule has 96 valence electrons. The second-order valence-corrected chi connectivity index (χ2v) is 4.23. The minimum Gasteiger partial charge on any atom is -0.396 e. The van der Waals surface area contributed by atoms with Crippen LogP contribution in [0.4, 0.5) is 13.2 Å². The zero-order valence-electron chi connectivity index (χ0n) is 9.83. The molecule has 5 heteroatoms. The van der Waals surface area contributed by atoms with Gasteiger partial charge in [-0.05, 0) is 25.7 Å². The molecule has 1 aromatic rings. The van der Waals surface area contributed by atoms with E-state index >= 15 is 0 Å². The molecule has 0 aliphatic rings. The van der Waals surface area contributed by atoms with Crippen molar-refractivity contribution in [3.63, 3.8) is 0 Å². The van der Waals surface area contributed by atoms with Crippen LogP contribution in [0.3, 0.4) is 0 Å². The van der Waals surface area contributed by atoms with Crippen LogP contribution in [-0.4, -0.2) is 37.3 Å². The van der Waals surface area contributed by atoms with Crippen molar-refractivity contribution < 1.29 is 18.3 Å². The van der Waals surface area contributed by atoms with E-state index in [9.17, 15) is 18.3 Å². The molecule has 1 atom stereocenters. The lowest BCUT2D eigenvalue weighted by Crippen LogP contribution is -2.25. The van der Waals surface area contributed by atoms with Gasteiger partial charge in [-0.25, -0.2) is 0 Å². The molecule has 0 amide bonds. The lowest BCUT2D eigenvalue weighted by atomic mass is 9.94. The Bertz CT molecular complexity index is 363. The Morgan fingerprint density at radius 1 is 1.24 bits per heavy atom. The van der Waals surface area contributed by atoms with Crippen molar-refractivity contribution in [2.45, 2.75) is 12.1 Å². The van der Waals surface area contributed by atoms with Gasteiger partial charge in [0.25, 0.3) is 0 Å². The Balaban J connectivity index is 3.11. The van der Waals surface area contributed by atoms with Crippen LogP contribution in [0.1, 0.15) is 17.0 Å². The van der Waals surface area contributed by atoms with Gasteiger partial charge in [0.15, 0.2) is 0 Å². The number of likely N-dealkylation sites (N-methyl/N-ethyl adjacent to an activating group) is 1. The minimum atomic E-state index is -4.38. The number of alkyl halides is 3. The van der Waals surface area contributed by atoms with E-state index < -0.39 is 17.7 Å². The van der Waals surface area contributed by atoms with Crippen LogP contribution in [0.25, 0.3) is 0 Å². The van der Waals surface area contributed by atoms with Gasteiger partial charge in [-0.3, -0.25) is 0 Å². The van der Waals surface area contributed by atoms with Gasteiger partial charge in [-0.1, -0.05) is 18.2 Å². The molecule has 1 unspecified atom stereocenters. The van der Waals surface area contributed by atoms with E-state index in [4.69, 9.17) is 0 Å². The summed E-state index contributed by atoms with van der Waals surface area (Å²) in [4.78, 5) is 1.76. The Morgan fingerprint density at radius 2 is 1.82 bits per heavy atom. The van der Waals surface area contributed by atoms with E-state index in [0.717, 1.165) is 6.07 Å². The Hall–Kier alpha value is -1.07. The van der Waals surface area contributed by atoms with E-state index in [1.165, 1.54) is 12.1 Å². The number of hydrogen-bond acceptors (Lipinski definition) is 2. The van der Waals surface area contributed by atoms with Crippen molar-refractivity contribution in [3.05, 3.63) is 35.4 Å². The van der Waals surface area contributed by atoms with Crippen LogP contribution in [-0.2, 0) is 6.18 Å². The Kier molecular flexibility index (Phi) is 4.54. The Labute approximate surface area is 98.7 Å². The molecule has 0 saturated carbocycles. The van der Waals surface area contributed by atoms with E-state index in [1.807, 2.05) is 0 Å². The summed E-state index contributed by atoms with van der Waals surface area (Å²) in [5, 5.41) is 9.22. The molecule has 0 saturated heterocycles. The molecule has 0 fully saturated rings. The molecule has 2 nitrogen and oxygen atoms in total. The Morgan fingerprint density at radius 3 is 2.29 bits per heavy atom. The summed E-state index contributed by atoms with van der Waals surface area (Å²) in [6, 6.07) is 5.39. The summed E-state index contributed by atoms with van der Waals surface area (Å²) < 4.78 is 38.4. The first-order chi connectivity index (χ1) is 7.86. The van der Waals surface area contributed by atoms with Crippen molar-refractivity contribution in [2.24, 2.45) is 0 Å². The topological polar surface area (TPSA) is 23.5 Å². The molecule has 1 N–H and O–H groups in total. The van der Waals surface area contributed by atoms with Crippen molar-refractivity contribution >= 4 is 0 Å². The highest BCUT2D eigenvalue weighted by molar-refractivity contribution is 5.33. The van der Waals surface area contributed by atoms with E-state index in [0.29, 0.717) is 6.54 Å². The zero-order chi connectivity index (χ0) is 13.1. The third-order valence-corrected chi connectivity index (χ3v) is 2.51. The summed E-state index contributed by atoms with van der Waals surface area (Å²) in [5.74, 6) is -0.525. The molecule has 0 radical (unpaired) electrons. The van der Waals surface area contributed by atoms with Crippen LogP contribution < -0.4 is 0 Å². The van der Waals surface area contributed by atoms with Crippen LogP contribution in [0.15, 0.2) is 24.3 Å². The fourth-order valence-electron chi connectivity index (χ4n) is 1.81. The largest absolute Gasteiger partial charge is 0.416 e. The fourth-order valence-corrected chi connectivity index (χ4v) is 1.81. The number of aliphatic hydroxyl groups excluding tert-OH is 1. The van der Waals surface area contributed by atoms with Crippen LogP contribution in [0.5, 0.6) is 0 Å². The summed E-state index contributed by atoms with van der Waals surface area (Å²) in [5.41, 5.74) is -0.517. The number of halogens is 3. The number of rotatable bonds is 4. The van der Waals surface area contributed by atoms with Gasteiger partial charge in [-0.15, -0.1) is 0 Å². The monoisotopic (exact) mass is 247 g/mol. The number of benzene rings is 1. The predicted octanol–water partition coefficient (Wildman–Crippen LogP) is 2.34.